The highest BCUT2D eigenvalue weighted by Gasteiger charge is 1.98. The molecule has 1 heterocycles. The van der Waals surface area contributed by atoms with Gasteiger partial charge >= 0.3 is 4.87 Å². The van der Waals surface area contributed by atoms with Crippen LogP contribution >= 0.6 is 11.3 Å². The van der Waals surface area contributed by atoms with Crippen molar-refractivity contribution >= 4 is 11.3 Å². The Labute approximate surface area is 109 Å². The molecule has 0 unspecified atom stereocenters. The van der Waals surface area contributed by atoms with Gasteiger partial charge in [-0.3, -0.25) is 4.79 Å². The molecular formula is C13H12N2O2S. The average molecular weight is 260 g/mol. The molecule has 0 spiro atoms. The van der Waals surface area contributed by atoms with E-state index in [2.05, 4.69) is 6.07 Å². The molecule has 0 radical (unpaired) electrons. The molecule has 0 saturated carbocycles. The first-order valence-electron chi connectivity index (χ1n) is 5.56. The highest BCUT2D eigenvalue weighted by molar-refractivity contribution is 7.07. The lowest BCUT2D eigenvalue weighted by Crippen LogP contribution is -2.13. The SMILES string of the molecule is N#Cc1ccc(OCCCn2ccsc2=O)cc1. The number of nitrogens with zero attached hydrogens (tertiary/aromatic N) is 2. The molecule has 2 rings (SSSR count). The van der Waals surface area contributed by atoms with Crippen molar-refractivity contribution in [2.24, 2.45) is 0 Å². The second-order valence-corrected chi connectivity index (χ2v) is 4.56. The molecule has 1 aromatic heterocycles. The van der Waals surface area contributed by atoms with E-state index in [0.29, 0.717) is 18.7 Å². The number of aromatic nitrogens is 1. The minimum atomic E-state index is 0.0633. The van der Waals surface area contributed by atoms with Gasteiger partial charge in [0.25, 0.3) is 0 Å². The van der Waals surface area contributed by atoms with Gasteiger partial charge < -0.3 is 9.30 Å². The molecule has 0 amide bonds. The lowest BCUT2D eigenvalue weighted by Gasteiger charge is -2.06. The third-order valence-corrected chi connectivity index (χ3v) is 3.13. The molecule has 5 heteroatoms. The van der Waals surface area contributed by atoms with Crippen LogP contribution in [0.5, 0.6) is 5.75 Å². The number of thiazole rings is 1. The Morgan fingerprint density at radius 2 is 2.11 bits per heavy atom. The predicted octanol–water partition coefficient (Wildman–Crippen LogP) is 2.25. The zero-order chi connectivity index (χ0) is 12.8. The molecule has 0 atom stereocenters. The Morgan fingerprint density at radius 1 is 1.33 bits per heavy atom. The van der Waals surface area contributed by atoms with Crippen LogP contribution in [0.4, 0.5) is 0 Å². The normalized spacial score (nSPS) is 9.94. The first-order valence-corrected chi connectivity index (χ1v) is 6.44. The number of hydrogen-bond acceptors (Lipinski definition) is 4. The summed E-state index contributed by atoms with van der Waals surface area (Å²) >= 11 is 1.20. The molecule has 18 heavy (non-hydrogen) atoms. The maximum atomic E-state index is 11.3. The molecule has 1 aromatic carbocycles. The van der Waals surface area contributed by atoms with Crippen LogP contribution in [0.1, 0.15) is 12.0 Å². The number of ether oxygens (including phenoxy) is 1. The third-order valence-electron chi connectivity index (χ3n) is 2.44. The van der Waals surface area contributed by atoms with Crippen LogP contribution in [-0.2, 0) is 6.54 Å². The predicted molar refractivity (Wildman–Crippen MR) is 69.8 cm³/mol. The van der Waals surface area contributed by atoms with Gasteiger partial charge in [-0.1, -0.05) is 11.3 Å². The smallest absolute Gasteiger partial charge is 0.307 e. The minimum Gasteiger partial charge on any atom is -0.494 e. The van der Waals surface area contributed by atoms with Gasteiger partial charge in [-0.2, -0.15) is 5.26 Å². The van der Waals surface area contributed by atoms with Gasteiger partial charge in [0.1, 0.15) is 5.75 Å². The molecule has 0 fully saturated rings. The second-order valence-electron chi connectivity index (χ2n) is 3.70. The van der Waals surface area contributed by atoms with Crippen molar-refractivity contribution in [1.29, 1.82) is 5.26 Å². The van der Waals surface area contributed by atoms with E-state index in [0.717, 1.165) is 12.2 Å². The maximum absolute atomic E-state index is 11.3. The Morgan fingerprint density at radius 3 is 2.72 bits per heavy atom. The monoisotopic (exact) mass is 260 g/mol. The summed E-state index contributed by atoms with van der Waals surface area (Å²) in [6.45, 7) is 1.22. The van der Waals surface area contributed by atoms with E-state index in [4.69, 9.17) is 10.00 Å². The number of aryl methyl sites for hydroxylation is 1. The van der Waals surface area contributed by atoms with Crippen molar-refractivity contribution in [3.05, 3.63) is 51.1 Å². The average Bonchev–Trinajstić information content (AvgIpc) is 2.81. The van der Waals surface area contributed by atoms with Crippen molar-refractivity contribution < 1.29 is 4.74 Å². The van der Waals surface area contributed by atoms with Crippen LogP contribution in [-0.4, -0.2) is 11.2 Å². The van der Waals surface area contributed by atoms with Gasteiger partial charge in [-0.05, 0) is 30.7 Å². The number of nitriles is 1. The summed E-state index contributed by atoms with van der Waals surface area (Å²) in [6.07, 6.45) is 2.56. The van der Waals surface area contributed by atoms with Crippen LogP contribution in [0.2, 0.25) is 0 Å². The largest absolute Gasteiger partial charge is 0.494 e. The van der Waals surface area contributed by atoms with Gasteiger partial charge in [0.05, 0.1) is 18.2 Å². The summed E-state index contributed by atoms with van der Waals surface area (Å²) in [6, 6.07) is 9.04. The Balaban J connectivity index is 1.77. The van der Waals surface area contributed by atoms with Crippen LogP contribution in [0.15, 0.2) is 40.6 Å². The summed E-state index contributed by atoms with van der Waals surface area (Å²) < 4.78 is 7.20. The van der Waals surface area contributed by atoms with Crippen LogP contribution < -0.4 is 9.61 Å². The fourth-order valence-electron chi connectivity index (χ4n) is 1.51. The summed E-state index contributed by atoms with van der Waals surface area (Å²) in [5.41, 5.74) is 0.618. The highest BCUT2D eigenvalue weighted by Crippen LogP contribution is 2.11. The Bertz CT molecular complexity index is 592. The first kappa shape index (κ1) is 12.4. The van der Waals surface area contributed by atoms with E-state index in [-0.39, 0.29) is 4.87 Å². The number of rotatable bonds is 5. The quantitative estimate of drug-likeness (QED) is 0.775. The van der Waals surface area contributed by atoms with Crippen molar-refractivity contribution in [2.45, 2.75) is 13.0 Å². The van der Waals surface area contributed by atoms with Crippen LogP contribution in [0.3, 0.4) is 0 Å². The fourth-order valence-corrected chi connectivity index (χ4v) is 2.12. The highest BCUT2D eigenvalue weighted by atomic mass is 32.1. The lowest BCUT2D eigenvalue weighted by molar-refractivity contribution is 0.301. The van der Waals surface area contributed by atoms with Crippen molar-refractivity contribution in [3.8, 4) is 11.8 Å². The van der Waals surface area contributed by atoms with Gasteiger partial charge in [0.15, 0.2) is 0 Å². The first-order chi connectivity index (χ1) is 8.79. The number of hydrogen-bond donors (Lipinski definition) is 0. The molecule has 0 aliphatic carbocycles. The van der Waals surface area contributed by atoms with Crippen molar-refractivity contribution in [3.63, 3.8) is 0 Å². The van der Waals surface area contributed by atoms with E-state index < -0.39 is 0 Å². The van der Waals surface area contributed by atoms with E-state index in [1.54, 1.807) is 40.4 Å². The zero-order valence-electron chi connectivity index (χ0n) is 9.70. The third kappa shape index (κ3) is 3.22. The summed E-state index contributed by atoms with van der Waals surface area (Å²) in [4.78, 5) is 11.3. The standard InChI is InChI=1S/C13H12N2O2S/c14-10-11-2-4-12(5-3-11)17-8-1-6-15-7-9-18-13(15)16/h2-5,7,9H,1,6,8H2. The number of benzene rings is 1. The van der Waals surface area contributed by atoms with E-state index in [1.807, 2.05) is 0 Å². The van der Waals surface area contributed by atoms with Crippen molar-refractivity contribution in [2.75, 3.05) is 6.61 Å². The zero-order valence-corrected chi connectivity index (χ0v) is 10.5. The van der Waals surface area contributed by atoms with Crippen molar-refractivity contribution in [1.82, 2.24) is 4.57 Å². The van der Waals surface area contributed by atoms with E-state index in [9.17, 15) is 4.79 Å². The Hall–Kier alpha value is -2.06. The fraction of sp³-hybridized carbons (Fsp3) is 0.231. The molecular weight excluding hydrogens is 248 g/mol. The van der Waals surface area contributed by atoms with Gasteiger partial charge in [-0.25, -0.2) is 0 Å². The lowest BCUT2D eigenvalue weighted by atomic mass is 10.2. The topological polar surface area (TPSA) is 55.0 Å². The molecule has 0 bridgehead atoms. The second kappa shape index (κ2) is 6.03. The van der Waals surface area contributed by atoms with Gasteiger partial charge in [0.2, 0.25) is 0 Å². The minimum absolute atomic E-state index is 0.0633. The molecule has 4 nitrogen and oxygen atoms in total. The molecule has 0 N–H and O–H groups in total. The summed E-state index contributed by atoms with van der Waals surface area (Å²) in [5, 5.41) is 10.4. The molecule has 92 valence electrons. The van der Waals surface area contributed by atoms with Gasteiger partial charge in [-0.15, -0.1) is 0 Å². The Kier molecular flexibility index (Phi) is 4.15. The summed E-state index contributed by atoms with van der Waals surface area (Å²) in [7, 11) is 0. The van der Waals surface area contributed by atoms with Crippen LogP contribution in [0.25, 0.3) is 0 Å². The van der Waals surface area contributed by atoms with E-state index >= 15 is 0 Å². The molecule has 0 aliphatic heterocycles. The van der Waals surface area contributed by atoms with E-state index in [1.165, 1.54) is 11.3 Å². The van der Waals surface area contributed by atoms with Gasteiger partial charge in [0, 0.05) is 18.1 Å². The summed E-state index contributed by atoms with van der Waals surface area (Å²) in [5.74, 6) is 0.742. The maximum Gasteiger partial charge on any atom is 0.307 e. The van der Waals surface area contributed by atoms with Crippen LogP contribution in [0, 0.1) is 11.3 Å². The molecule has 0 aliphatic rings. The molecule has 2 aromatic rings. The molecule has 0 saturated heterocycles.